The molecule has 0 heterocycles. The Bertz CT molecular complexity index is 724. The van der Waals surface area contributed by atoms with Gasteiger partial charge in [0.1, 0.15) is 10.8 Å². The lowest BCUT2D eigenvalue weighted by Gasteiger charge is -2.11. The van der Waals surface area contributed by atoms with Gasteiger partial charge in [0, 0.05) is 23.5 Å². The fourth-order valence-corrected chi connectivity index (χ4v) is 2.15. The van der Waals surface area contributed by atoms with Gasteiger partial charge in [-0.05, 0) is 36.5 Å². The lowest BCUT2D eigenvalue weighted by molar-refractivity contribution is -0.384. The summed E-state index contributed by atoms with van der Waals surface area (Å²) in [7, 11) is 1.57. The highest BCUT2D eigenvalue weighted by atomic mass is 35.5. The molecule has 0 amide bonds. The van der Waals surface area contributed by atoms with Gasteiger partial charge in [0.2, 0.25) is 0 Å². The maximum atomic E-state index is 10.9. The van der Waals surface area contributed by atoms with E-state index < -0.39 is 4.92 Å². The highest BCUT2D eigenvalue weighted by Crippen LogP contribution is 2.27. The highest BCUT2D eigenvalue weighted by molar-refractivity contribution is 7.80. The van der Waals surface area contributed by atoms with Gasteiger partial charge in [0.15, 0.2) is 5.11 Å². The van der Waals surface area contributed by atoms with Gasteiger partial charge in [-0.3, -0.25) is 10.1 Å². The quantitative estimate of drug-likeness (QED) is 0.497. The number of ether oxygens (including phenoxy) is 1. The molecule has 0 aliphatic rings. The molecule has 2 aromatic carbocycles. The maximum absolute atomic E-state index is 10.9. The number of anilines is 2. The predicted octanol–water partition coefficient (Wildman–Crippen LogP) is 4.07. The van der Waals surface area contributed by atoms with Gasteiger partial charge in [-0.15, -0.1) is 0 Å². The summed E-state index contributed by atoms with van der Waals surface area (Å²) in [5.41, 5.74) is 1.02. The first-order valence-electron chi connectivity index (χ1n) is 6.15. The molecule has 0 fully saturated rings. The van der Waals surface area contributed by atoms with Crippen molar-refractivity contribution in [3.05, 3.63) is 57.6 Å². The summed E-state index contributed by atoms with van der Waals surface area (Å²) in [5, 5.41) is 17.1. The number of nitrogens with one attached hydrogen (secondary N) is 2. The standard InChI is InChI=1S/C14H12ClN3O3S/c1-21-11-4-2-3-9(7-11)16-14(22)17-10-5-6-12(15)13(8-10)18(19)20/h2-8H,1H3,(H2,16,17,22). The molecule has 0 radical (unpaired) electrons. The topological polar surface area (TPSA) is 76.4 Å². The SMILES string of the molecule is COc1cccc(NC(=S)Nc2ccc(Cl)c([N+](=O)[O-])c2)c1. The van der Waals surface area contributed by atoms with Crippen molar-refractivity contribution in [1.29, 1.82) is 0 Å². The Kier molecular flexibility index (Phi) is 5.13. The molecule has 0 bridgehead atoms. The Balaban J connectivity index is 2.08. The average Bonchev–Trinajstić information content (AvgIpc) is 2.49. The molecule has 22 heavy (non-hydrogen) atoms. The molecule has 8 heteroatoms. The number of nitro groups is 1. The molecule has 0 saturated heterocycles. The molecule has 0 spiro atoms. The minimum atomic E-state index is -0.550. The van der Waals surface area contributed by atoms with E-state index in [9.17, 15) is 10.1 Å². The van der Waals surface area contributed by atoms with E-state index >= 15 is 0 Å². The Morgan fingerprint density at radius 1 is 1.23 bits per heavy atom. The third-order valence-corrected chi connectivity index (χ3v) is 3.25. The minimum absolute atomic E-state index is 0.0715. The number of hydrogen-bond donors (Lipinski definition) is 2. The molecule has 0 aliphatic carbocycles. The van der Waals surface area contributed by atoms with Crippen LogP contribution in [0.25, 0.3) is 0 Å². The zero-order valence-electron chi connectivity index (χ0n) is 11.5. The molecule has 0 saturated carbocycles. The van der Waals surface area contributed by atoms with Crippen molar-refractivity contribution in [2.24, 2.45) is 0 Å². The van der Waals surface area contributed by atoms with Gasteiger partial charge in [-0.1, -0.05) is 17.7 Å². The number of benzene rings is 2. The van der Waals surface area contributed by atoms with E-state index in [-0.39, 0.29) is 10.7 Å². The van der Waals surface area contributed by atoms with E-state index in [0.29, 0.717) is 16.5 Å². The van der Waals surface area contributed by atoms with Crippen molar-refractivity contribution in [2.45, 2.75) is 0 Å². The van der Waals surface area contributed by atoms with Crippen molar-refractivity contribution >= 4 is 46.0 Å². The largest absolute Gasteiger partial charge is 0.497 e. The highest BCUT2D eigenvalue weighted by Gasteiger charge is 2.13. The Morgan fingerprint density at radius 3 is 2.55 bits per heavy atom. The second-order valence-corrected chi connectivity index (χ2v) is 5.05. The zero-order valence-corrected chi connectivity index (χ0v) is 13.1. The van der Waals surface area contributed by atoms with Crippen molar-refractivity contribution < 1.29 is 9.66 Å². The monoisotopic (exact) mass is 337 g/mol. The van der Waals surface area contributed by atoms with Crippen LogP contribution < -0.4 is 15.4 Å². The Hall–Kier alpha value is -2.38. The molecular formula is C14H12ClN3O3S. The second-order valence-electron chi connectivity index (χ2n) is 4.23. The van der Waals surface area contributed by atoms with E-state index in [1.807, 2.05) is 18.2 Å². The van der Waals surface area contributed by atoms with E-state index in [4.69, 9.17) is 28.6 Å². The molecule has 0 atom stereocenters. The summed E-state index contributed by atoms with van der Waals surface area (Å²) >= 11 is 10.9. The van der Waals surface area contributed by atoms with Crippen molar-refractivity contribution in [2.75, 3.05) is 17.7 Å². The number of nitrogens with zero attached hydrogens (tertiary/aromatic N) is 1. The number of thiocarbonyl (C=S) groups is 1. The summed E-state index contributed by atoms with van der Waals surface area (Å²) in [4.78, 5) is 10.3. The average molecular weight is 338 g/mol. The number of hydrogen-bond acceptors (Lipinski definition) is 4. The van der Waals surface area contributed by atoms with E-state index in [1.165, 1.54) is 12.1 Å². The number of nitro benzene ring substituents is 1. The Labute approximate surface area is 137 Å². The smallest absolute Gasteiger partial charge is 0.289 e. The minimum Gasteiger partial charge on any atom is -0.497 e. The van der Waals surface area contributed by atoms with Crippen LogP contribution in [-0.4, -0.2) is 17.1 Å². The summed E-state index contributed by atoms with van der Waals surface area (Å²) in [6, 6.07) is 11.6. The van der Waals surface area contributed by atoms with Crippen LogP contribution in [0.4, 0.5) is 17.1 Å². The molecule has 2 rings (SSSR count). The lowest BCUT2D eigenvalue weighted by Crippen LogP contribution is -2.19. The van der Waals surface area contributed by atoms with E-state index in [2.05, 4.69) is 10.6 Å². The van der Waals surface area contributed by atoms with Gasteiger partial charge in [0.25, 0.3) is 5.69 Å². The van der Waals surface area contributed by atoms with E-state index in [0.717, 1.165) is 5.69 Å². The van der Waals surface area contributed by atoms with E-state index in [1.54, 1.807) is 19.2 Å². The molecule has 0 unspecified atom stereocenters. The van der Waals surface area contributed by atoms with Gasteiger partial charge < -0.3 is 15.4 Å². The van der Waals surface area contributed by atoms with Gasteiger partial charge in [0.05, 0.1) is 12.0 Å². The third-order valence-electron chi connectivity index (χ3n) is 2.73. The van der Waals surface area contributed by atoms with Crippen molar-refractivity contribution in [3.8, 4) is 5.75 Å². The Morgan fingerprint density at radius 2 is 1.91 bits per heavy atom. The fraction of sp³-hybridized carbons (Fsp3) is 0.0714. The van der Waals surface area contributed by atoms with Gasteiger partial charge >= 0.3 is 0 Å². The van der Waals surface area contributed by atoms with Crippen LogP contribution >= 0.6 is 23.8 Å². The molecule has 2 aromatic rings. The molecular weight excluding hydrogens is 326 g/mol. The number of rotatable bonds is 4. The van der Waals surface area contributed by atoms with Crippen molar-refractivity contribution in [1.82, 2.24) is 0 Å². The molecule has 0 aliphatic heterocycles. The normalized spacial score (nSPS) is 9.91. The van der Waals surface area contributed by atoms with Crippen LogP contribution in [-0.2, 0) is 0 Å². The summed E-state index contributed by atoms with van der Waals surface area (Å²) in [5.74, 6) is 0.690. The van der Waals surface area contributed by atoms with Crippen LogP contribution in [0.15, 0.2) is 42.5 Å². The third kappa shape index (κ3) is 4.06. The molecule has 114 valence electrons. The number of halogens is 1. The first-order chi connectivity index (χ1) is 10.5. The maximum Gasteiger partial charge on any atom is 0.289 e. The van der Waals surface area contributed by atoms with Gasteiger partial charge in [-0.25, -0.2) is 0 Å². The molecule has 6 nitrogen and oxygen atoms in total. The van der Waals surface area contributed by atoms with Crippen LogP contribution in [0.2, 0.25) is 5.02 Å². The van der Waals surface area contributed by atoms with Crippen LogP contribution in [0.1, 0.15) is 0 Å². The first-order valence-corrected chi connectivity index (χ1v) is 6.94. The van der Waals surface area contributed by atoms with Gasteiger partial charge in [-0.2, -0.15) is 0 Å². The lowest BCUT2D eigenvalue weighted by atomic mass is 10.3. The molecule has 2 N–H and O–H groups in total. The summed E-state index contributed by atoms with van der Waals surface area (Å²) < 4.78 is 5.12. The van der Waals surface area contributed by atoms with Crippen LogP contribution in [0.3, 0.4) is 0 Å². The summed E-state index contributed by atoms with van der Waals surface area (Å²) in [6.07, 6.45) is 0. The van der Waals surface area contributed by atoms with Crippen LogP contribution in [0, 0.1) is 10.1 Å². The summed E-state index contributed by atoms with van der Waals surface area (Å²) in [6.45, 7) is 0. The second kappa shape index (κ2) is 7.06. The predicted molar refractivity (Wildman–Crippen MR) is 90.9 cm³/mol. The fourth-order valence-electron chi connectivity index (χ4n) is 1.72. The van der Waals surface area contributed by atoms with Crippen molar-refractivity contribution in [3.63, 3.8) is 0 Å². The van der Waals surface area contributed by atoms with Crippen LogP contribution in [0.5, 0.6) is 5.75 Å². The molecule has 0 aromatic heterocycles. The number of methoxy groups -OCH3 is 1. The zero-order chi connectivity index (χ0) is 16.1. The first kappa shape index (κ1) is 16.0.